The summed E-state index contributed by atoms with van der Waals surface area (Å²) in [5.74, 6) is -0.788. The predicted molar refractivity (Wildman–Crippen MR) is 95.8 cm³/mol. The molecule has 1 aromatic heterocycles. The monoisotopic (exact) mass is 401 g/mol. The van der Waals surface area contributed by atoms with Gasteiger partial charge in [-0.1, -0.05) is 0 Å². The van der Waals surface area contributed by atoms with Crippen molar-refractivity contribution in [3.8, 4) is 5.69 Å². The Kier molecular flexibility index (Phi) is 4.93. The number of nitrogens with zero attached hydrogens (tertiary/aromatic N) is 2. The van der Waals surface area contributed by atoms with Gasteiger partial charge in [-0.15, -0.1) is 0 Å². The van der Waals surface area contributed by atoms with Gasteiger partial charge in [0.1, 0.15) is 5.82 Å². The molecular weight excluding hydrogens is 381 g/mol. The van der Waals surface area contributed by atoms with Crippen molar-refractivity contribution in [3.05, 3.63) is 47.0 Å². The first kappa shape index (κ1) is 19.0. The van der Waals surface area contributed by atoms with Gasteiger partial charge < -0.3 is 0 Å². The van der Waals surface area contributed by atoms with Crippen LogP contribution in [0.2, 0.25) is 0 Å². The number of rotatable bonds is 5. The number of hydrogen-bond acceptors (Lipinski definition) is 5. The van der Waals surface area contributed by atoms with Gasteiger partial charge in [0.15, 0.2) is 9.84 Å². The average molecular weight is 401 g/mol. The van der Waals surface area contributed by atoms with Crippen LogP contribution in [0.3, 0.4) is 0 Å². The normalized spacial score (nSPS) is 19.7. The fourth-order valence-corrected chi connectivity index (χ4v) is 7.10. The van der Waals surface area contributed by atoms with E-state index >= 15 is 0 Å². The Bertz CT molecular complexity index is 1030. The van der Waals surface area contributed by atoms with Crippen LogP contribution in [-0.4, -0.2) is 43.4 Å². The number of aromatic nitrogens is 2. The second kappa shape index (κ2) is 6.75. The molecule has 0 radical (unpaired) electrons. The number of halogens is 1. The zero-order chi connectivity index (χ0) is 19.1. The van der Waals surface area contributed by atoms with Gasteiger partial charge >= 0.3 is 0 Å². The van der Waals surface area contributed by atoms with Crippen LogP contribution in [0.5, 0.6) is 0 Å². The number of hydrogen-bond donors (Lipinski definition) is 1. The van der Waals surface area contributed by atoms with E-state index in [0.717, 1.165) is 5.69 Å². The fourth-order valence-electron chi connectivity index (χ4n) is 3.06. The highest BCUT2D eigenvalue weighted by molar-refractivity contribution is 7.95. The molecule has 2 aromatic rings. The van der Waals surface area contributed by atoms with Crippen LogP contribution in [0.25, 0.3) is 5.69 Å². The van der Waals surface area contributed by atoms with Gasteiger partial charge in [-0.05, 0) is 44.5 Å². The lowest BCUT2D eigenvalue weighted by atomic mass is 10.2. The van der Waals surface area contributed by atoms with Gasteiger partial charge in [0, 0.05) is 17.8 Å². The highest BCUT2D eigenvalue weighted by Crippen LogP contribution is 2.21. The Morgan fingerprint density at radius 1 is 1.27 bits per heavy atom. The number of sulfonamides is 1. The maximum atomic E-state index is 13.1. The molecule has 0 saturated carbocycles. The van der Waals surface area contributed by atoms with Crippen LogP contribution < -0.4 is 4.72 Å². The quantitative estimate of drug-likeness (QED) is 0.813. The van der Waals surface area contributed by atoms with Crippen molar-refractivity contribution in [2.75, 3.05) is 11.5 Å². The highest BCUT2D eigenvalue weighted by Gasteiger charge is 2.37. The van der Waals surface area contributed by atoms with Gasteiger partial charge in [-0.3, -0.25) is 0 Å². The first-order chi connectivity index (χ1) is 12.1. The van der Waals surface area contributed by atoms with Crippen molar-refractivity contribution in [1.29, 1.82) is 0 Å². The van der Waals surface area contributed by atoms with E-state index in [-0.39, 0.29) is 30.3 Å². The molecule has 1 fully saturated rings. The lowest BCUT2D eigenvalue weighted by Gasteiger charge is -2.12. The Hall–Kier alpha value is -1.78. The topological polar surface area (TPSA) is 98.1 Å². The third-order valence-electron chi connectivity index (χ3n) is 4.59. The second-order valence-corrected chi connectivity index (χ2v) is 10.7. The molecule has 1 aliphatic rings. The first-order valence-electron chi connectivity index (χ1n) is 8.09. The van der Waals surface area contributed by atoms with E-state index in [1.165, 1.54) is 12.1 Å². The van der Waals surface area contributed by atoms with Gasteiger partial charge in [0.25, 0.3) is 0 Å². The molecule has 10 heteroatoms. The summed E-state index contributed by atoms with van der Waals surface area (Å²) in [7, 11) is -7.02. The first-order valence-corrected chi connectivity index (χ1v) is 11.5. The molecule has 0 aliphatic carbocycles. The van der Waals surface area contributed by atoms with Crippen molar-refractivity contribution in [2.45, 2.75) is 32.1 Å². The Balaban J connectivity index is 1.80. The minimum absolute atomic E-state index is 0.0255. The molecule has 0 bridgehead atoms. The SMILES string of the molecule is Cc1nn(-c2ccc(F)cc2)c(C)c1CNS(=O)(=O)[C@@H]1CCS(=O)(=O)C1. The molecule has 1 aromatic carbocycles. The predicted octanol–water partition coefficient (Wildman–Crippen LogP) is 1.23. The Morgan fingerprint density at radius 3 is 2.50 bits per heavy atom. The minimum Gasteiger partial charge on any atom is -0.238 e. The molecule has 3 rings (SSSR count). The third kappa shape index (κ3) is 3.81. The van der Waals surface area contributed by atoms with E-state index in [0.29, 0.717) is 16.9 Å². The van der Waals surface area contributed by atoms with E-state index < -0.39 is 25.1 Å². The maximum Gasteiger partial charge on any atom is 0.215 e. The second-order valence-electron chi connectivity index (χ2n) is 6.43. The van der Waals surface area contributed by atoms with Crippen LogP contribution in [0, 0.1) is 19.7 Å². The standard InChI is InChI=1S/C16H20FN3O4S2/c1-11-16(9-18-26(23,24)15-7-8-25(21,22)10-15)12(2)20(19-11)14-5-3-13(17)4-6-14/h3-6,15,18H,7-10H2,1-2H3/t15-/m1/s1. The molecular formula is C16H20FN3O4S2. The molecule has 7 nitrogen and oxygen atoms in total. The molecule has 1 atom stereocenters. The summed E-state index contributed by atoms with van der Waals surface area (Å²) in [4.78, 5) is 0. The molecule has 0 amide bonds. The number of sulfone groups is 1. The van der Waals surface area contributed by atoms with Crippen LogP contribution in [0.4, 0.5) is 4.39 Å². The zero-order valence-corrected chi connectivity index (χ0v) is 16.1. The van der Waals surface area contributed by atoms with E-state index in [9.17, 15) is 21.2 Å². The summed E-state index contributed by atoms with van der Waals surface area (Å²) >= 11 is 0. The van der Waals surface area contributed by atoms with E-state index in [4.69, 9.17) is 0 Å². The van der Waals surface area contributed by atoms with Crippen LogP contribution >= 0.6 is 0 Å². The van der Waals surface area contributed by atoms with Gasteiger partial charge in [-0.25, -0.2) is 30.6 Å². The average Bonchev–Trinajstić information content (AvgIpc) is 3.07. The van der Waals surface area contributed by atoms with Crippen molar-refractivity contribution in [3.63, 3.8) is 0 Å². The summed E-state index contributed by atoms with van der Waals surface area (Å²) in [5.41, 5.74) is 2.76. The molecule has 1 aliphatic heterocycles. The molecule has 142 valence electrons. The Labute approximate surface area is 152 Å². The van der Waals surface area contributed by atoms with E-state index in [2.05, 4.69) is 9.82 Å². The maximum absolute atomic E-state index is 13.1. The van der Waals surface area contributed by atoms with Crippen molar-refractivity contribution >= 4 is 19.9 Å². The lowest BCUT2D eigenvalue weighted by molar-refractivity contribution is 0.567. The zero-order valence-electron chi connectivity index (χ0n) is 14.4. The minimum atomic E-state index is -3.74. The van der Waals surface area contributed by atoms with Crippen molar-refractivity contribution in [1.82, 2.24) is 14.5 Å². The molecule has 0 spiro atoms. The number of nitrogens with one attached hydrogen (secondary N) is 1. The summed E-state index contributed by atoms with van der Waals surface area (Å²) in [5, 5.41) is 3.48. The summed E-state index contributed by atoms with van der Waals surface area (Å²) in [6.45, 7) is 3.58. The van der Waals surface area contributed by atoms with Crippen LogP contribution in [-0.2, 0) is 26.4 Å². The fraction of sp³-hybridized carbons (Fsp3) is 0.438. The summed E-state index contributed by atoms with van der Waals surface area (Å²) < 4.78 is 65.0. The summed E-state index contributed by atoms with van der Waals surface area (Å²) in [6, 6.07) is 5.83. The third-order valence-corrected chi connectivity index (χ3v) is 8.40. The van der Waals surface area contributed by atoms with Crippen molar-refractivity contribution in [2.24, 2.45) is 0 Å². The number of aryl methyl sites for hydroxylation is 1. The van der Waals surface area contributed by atoms with E-state index in [1.54, 1.807) is 30.7 Å². The van der Waals surface area contributed by atoms with Crippen molar-refractivity contribution < 1.29 is 21.2 Å². The van der Waals surface area contributed by atoms with Crippen LogP contribution in [0.15, 0.2) is 24.3 Å². The van der Waals surface area contributed by atoms with E-state index in [1.807, 2.05) is 0 Å². The van der Waals surface area contributed by atoms with Gasteiger partial charge in [0.2, 0.25) is 10.0 Å². The molecule has 0 unspecified atom stereocenters. The molecule has 1 N–H and O–H groups in total. The molecule has 1 saturated heterocycles. The smallest absolute Gasteiger partial charge is 0.215 e. The largest absolute Gasteiger partial charge is 0.238 e. The van der Waals surface area contributed by atoms with Gasteiger partial charge in [-0.2, -0.15) is 5.10 Å². The van der Waals surface area contributed by atoms with Gasteiger partial charge in [0.05, 0.1) is 28.1 Å². The Morgan fingerprint density at radius 2 is 1.92 bits per heavy atom. The number of benzene rings is 1. The summed E-state index contributed by atoms with van der Waals surface area (Å²) in [6.07, 6.45) is 0.116. The lowest BCUT2D eigenvalue weighted by Crippen LogP contribution is -2.35. The van der Waals surface area contributed by atoms with Crippen LogP contribution in [0.1, 0.15) is 23.4 Å². The molecule has 2 heterocycles. The highest BCUT2D eigenvalue weighted by atomic mass is 32.2. The molecule has 26 heavy (non-hydrogen) atoms.